The molecule has 2 aromatic rings. The first-order valence-electron chi connectivity index (χ1n) is 12.6. The van der Waals surface area contributed by atoms with Crippen LogP contribution in [0.3, 0.4) is 0 Å². The number of nitrogens with two attached hydrogens (primary N) is 2. The van der Waals surface area contributed by atoms with E-state index < -0.39 is 52.7 Å². The maximum absolute atomic E-state index is 13.7. The third-order valence-corrected chi connectivity index (χ3v) is 8.16. The van der Waals surface area contributed by atoms with Gasteiger partial charge in [0.1, 0.15) is 23.2 Å². The van der Waals surface area contributed by atoms with E-state index in [2.05, 4.69) is 0 Å². The summed E-state index contributed by atoms with van der Waals surface area (Å²) in [4.78, 5) is 38.7. The lowest BCUT2D eigenvalue weighted by molar-refractivity contribution is -0.167. The van der Waals surface area contributed by atoms with E-state index in [1.165, 1.54) is 6.07 Å². The quantitative estimate of drug-likeness (QED) is 0.314. The van der Waals surface area contributed by atoms with Crippen molar-refractivity contribution in [2.45, 2.75) is 44.4 Å². The lowest BCUT2D eigenvalue weighted by atomic mass is 9.57. The number of fused-ring (bicyclic) bond motifs is 3. The topological polar surface area (TPSA) is 193 Å². The Labute approximate surface area is 218 Å². The molecule has 3 aliphatic rings. The highest BCUT2D eigenvalue weighted by Gasteiger charge is 2.62. The Kier molecular flexibility index (Phi) is 6.29. The summed E-state index contributed by atoms with van der Waals surface area (Å²) in [6, 6.07) is 8.59. The van der Waals surface area contributed by atoms with Crippen molar-refractivity contribution in [1.82, 2.24) is 0 Å². The molecule has 38 heavy (non-hydrogen) atoms. The summed E-state index contributed by atoms with van der Waals surface area (Å²) in [5.74, 6) is -6.68. The van der Waals surface area contributed by atoms with E-state index >= 15 is 0 Å². The molecule has 1 amide bonds. The van der Waals surface area contributed by atoms with Gasteiger partial charge in [0, 0.05) is 23.6 Å². The number of primary amides is 1. The molecule has 8 N–H and O–H groups in total. The highest BCUT2D eigenvalue weighted by molar-refractivity contribution is 6.16. The number of aromatic hydroxyl groups is 1. The smallest absolute Gasteiger partial charge is 0.230 e. The molecule has 2 aromatic carbocycles. The minimum absolute atomic E-state index is 0.0275. The fraction of sp³-hybridized carbons (Fsp3) is 0.393. The van der Waals surface area contributed by atoms with Crippen LogP contribution in [0, 0.1) is 17.8 Å². The van der Waals surface area contributed by atoms with Gasteiger partial charge in [-0.1, -0.05) is 12.1 Å². The lowest BCUT2D eigenvalue weighted by Gasteiger charge is -2.48. The summed E-state index contributed by atoms with van der Waals surface area (Å²) in [7, 11) is 0. The maximum atomic E-state index is 13.7. The highest BCUT2D eigenvalue weighted by atomic mass is 16.5. The number of ketones is 2. The van der Waals surface area contributed by atoms with Gasteiger partial charge in [-0.3, -0.25) is 14.4 Å². The molecular formula is C28H30N2O8. The van der Waals surface area contributed by atoms with E-state index in [9.17, 15) is 34.8 Å². The number of carbonyl (C=O) groups excluding carboxylic acids is 3. The highest BCUT2D eigenvalue weighted by Crippen LogP contribution is 2.52. The maximum Gasteiger partial charge on any atom is 0.230 e. The summed E-state index contributed by atoms with van der Waals surface area (Å²) >= 11 is 0. The Morgan fingerprint density at radius 2 is 1.89 bits per heavy atom. The predicted octanol–water partition coefficient (Wildman–Crippen LogP) is 1.27. The average molecular weight is 523 g/mol. The number of Topliss-reactive ketones (excluding diaryl/α,β-unsaturated/α-hetero) is 2. The predicted molar refractivity (Wildman–Crippen MR) is 135 cm³/mol. The largest absolute Gasteiger partial charge is 0.508 e. The zero-order chi connectivity index (χ0) is 27.5. The number of allylic oxidation sites excluding steroid dienone is 1. The van der Waals surface area contributed by atoms with Gasteiger partial charge in [-0.05, 0) is 67.0 Å². The Morgan fingerprint density at radius 3 is 2.55 bits per heavy atom. The van der Waals surface area contributed by atoms with Crippen molar-refractivity contribution >= 4 is 17.5 Å². The molecule has 3 aliphatic carbocycles. The van der Waals surface area contributed by atoms with E-state index in [4.69, 9.17) is 16.2 Å². The number of benzene rings is 2. The Bertz CT molecular complexity index is 1400. The van der Waals surface area contributed by atoms with Crippen LogP contribution in [0.4, 0.5) is 0 Å². The molecule has 0 saturated heterocycles. The number of rotatable bonds is 5. The number of aliphatic hydroxyl groups is 3. The van der Waals surface area contributed by atoms with Crippen LogP contribution in [0.1, 0.15) is 41.3 Å². The summed E-state index contributed by atoms with van der Waals surface area (Å²) in [6.45, 7) is 2.57. The molecule has 200 valence electrons. The summed E-state index contributed by atoms with van der Waals surface area (Å²) in [6.07, 6.45) is -1.24. The second-order valence-electron chi connectivity index (χ2n) is 10.2. The van der Waals surface area contributed by atoms with Gasteiger partial charge in [0.2, 0.25) is 5.91 Å². The average Bonchev–Trinajstić information content (AvgIpc) is 2.86. The van der Waals surface area contributed by atoms with Gasteiger partial charge in [-0.2, -0.15) is 0 Å². The van der Waals surface area contributed by atoms with Gasteiger partial charge in [0.25, 0.3) is 0 Å². The number of phenols is 1. The first-order chi connectivity index (χ1) is 18.0. The van der Waals surface area contributed by atoms with E-state index in [0.717, 1.165) is 11.1 Å². The standard InChI is InChI=1S/C28H30N2O8/c1-2-38-20-6-3-12(7-14(20)11-29)16-4-5-18(31)22-17(16)9-13-8-15-10-19(32)23(27(30)36)26(35)28(15,37)25(34)21(13)24(22)33/h3-7,13,15,19,23,31-32,34,37H,2,8-11,29H2,1H3,(H2,30,36)/t13-,15+,19?,23?,28+/m1/s1. The van der Waals surface area contributed by atoms with E-state index in [-0.39, 0.29) is 42.7 Å². The molecule has 1 fully saturated rings. The van der Waals surface area contributed by atoms with Crippen LogP contribution >= 0.6 is 0 Å². The van der Waals surface area contributed by atoms with Crippen molar-refractivity contribution in [3.05, 3.63) is 58.4 Å². The summed E-state index contributed by atoms with van der Waals surface area (Å²) in [5.41, 5.74) is 11.3. The molecule has 0 radical (unpaired) electrons. The SMILES string of the molecule is CCOc1ccc(-c2ccc(O)c3c2C[C@H]2C[C@H]4CC(O)C(C(N)=O)C(=O)[C@@]4(O)C(O)=C2C3=O)cc1CN. The monoisotopic (exact) mass is 522 g/mol. The number of hydrogen-bond donors (Lipinski definition) is 6. The van der Waals surface area contributed by atoms with Crippen LogP contribution < -0.4 is 16.2 Å². The third kappa shape index (κ3) is 3.63. The van der Waals surface area contributed by atoms with Crippen molar-refractivity contribution < 1.29 is 39.5 Å². The zero-order valence-corrected chi connectivity index (χ0v) is 20.8. The van der Waals surface area contributed by atoms with Crippen LogP contribution in [-0.4, -0.2) is 56.2 Å². The fourth-order valence-electron chi connectivity index (χ4n) is 6.40. The fourth-order valence-corrected chi connectivity index (χ4v) is 6.40. The van der Waals surface area contributed by atoms with Gasteiger partial charge in [0.05, 0.1) is 18.3 Å². The molecule has 0 spiro atoms. The molecule has 10 nitrogen and oxygen atoms in total. The Hall–Kier alpha value is -3.73. The zero-order valence-electron chi connectivity index (χ0n) is 20.8. The molecule has 0 heterocycles. The number of hydrogen-bond acceptors (Lipinski definition) is 9. The van der Waals surface area contributed by atoms with Crippen LogP contribution in [0.15, 0.2) is 41.7 Å². The summed E-state index contributed by atoms with van der Waals surface area (Å²) < 4.78 is 5.64. The number of phenolic OH excluding ortho intramolecular Hbond substituents is 1. The van der Waals surface area contributed by atoms with Crippen LogP contribution in [0.2, 0.25) is 0 Å². The van der Waals surface area contributed by atoms with Crippen LogP contribution in [-0.2, 0) is 22.6 Å². The summed E-state index contributed by atoms with van der Waals surface area (Å²) in [5, 5.41) is 43.7. The second-order valence-corrected chi connectivity index (χ2v) is 10.2. The molecule has 5 rings (SSSR count). The van der Waals surface area contributed by atoms with Crippen molar-refractivity contribution in [3.8, 4) is 22.6 Å². The number of ether oxygens (including phenoxy) is 1. The molecule has 2 unspecified atom stereocenters. The molecule has 10 heteroatoms. The number of amides is 1. The van der Waals surface area contributed by atoms with Crippen molar-refractivity contribution in [2.75, 3.05) is 6.61 Å². The van der Waals surface area contributed by atoms with Crippen molar-refractivity contribution in [3.63, 3.8) is 0 Å². The van der Waals surface area contributed by atoms with E-state index in [1.807, 2.05) is 19.1 Å². The lowest BCUT2D eigenvalue weighted by Crippen LogP contribution is -2.63. The first-order valence-corrected chi connectivity index (χ1v) is 12.6. The van der Waals surface area contributed by atoms with Crippen LogP contribution in [0.25, 0.3) is 11.1 Å². The van der Waals surface area contributed by atoms with Gasteiger partial charge >= 0.3 is 0 Å². The molecule has 0 bridgehead atoms. The molecule has 0 aliphatic heterocycles. The molecule has 0 aromatic heterocycles. The number of aliphatic hydroxyl groups excluding tert-OH is 2. The minimum atomic E-state index is -2.53. The molecule has 1 saturated carbocycles. The first kappa shape index (κ1) is 25.9. The Balaban J connectivity index is 1.64. The number of carbonyl (C=O) groups is 3. The Morgan fingerprint density at radius 1 is 1.16 bits per heavy atom. The molecular weight excluding hydrogens is 492 g/mol. The van der Waals surface area contributed by atoms with Gasteiger partial charge in [-0.25, -0.2) is 0 Å². The van der Waals surface area contributed by atoms with Gasteiger partial charge in [-0.15, -0.1) is 0 Å². The van der Waals surface area contributed by atoms with E-state index in [0.29, 0.717) is 23.5 Å². The van der Waals surface area contributed by atoms with Gasteiger partial charge in [0.15, 0.2) is 17.2 Å². The second kappa shape index (κ2) is 9.23. The van der Waals surface area contributed by atoms with Crippen molar-refractivity contribution in [2.24, 2.45) is 29.2 Å². The van der Waals surface area contributed by atoms with E-state index in [1.54, 1.807) is 12.1 Å². The van der Waals surface area contributed by atoms with Crippen LogP contribution in [0.5, 0.6) is 11.5 Å². The third-order valence-electron chi connectivity index (χ3n) is 8.16. The van der Waals surface area contributed by atoms with Gasteiger partial charge < -0.3 is 36.6 Å². The normalized spacial score (nSPS) is 28.4. The van der Waals surface area contributed by atoms with Crippen molar-refractivity contribution in [1.29, 1.82) is 0 Å². The molecule has 5 atom stereocenters. The minimum Gasteiger partial charge on any atom is -0.508 e.